The van der Waals surface area contributed by atoms with Crippen LogP contribution in [-0.4, -0.2) is 67.9 Å². The van der Waals surface area contributed by atoms with E-state index >= 15 is 0 Å². The van der Waals surface area contributed by atoms with Gasteiger partial charge in [0.15, 0.2) is 6.10 Å². The monoisotopic (exact) mass is 492 g/mol. The minimum Gasteiger partial charge on any atom is -0.478 e. The van der Waals surface area contributed by atoms with E-state index in [0.29, 0.717) is 24.9 Å². The summed E-state index contributed by atoms with van der Waals surface area (Å²) >= 11 is 12.5. The summed E-state index contributed by atoms with van der Waals surface area (Å²) < 4.78 is 37.4. The zero-order chi connectivity index (χ0) is 23.3. The molecule has 11 heteroatoms. The van der Waals surface area contributed by atoms with Crippen molar-refractivity contribution in [2.45, 2.75) is 62.7 Å². The first-order valence-electron chi connectivity index (χ1n) is 9.87. The molecule has 1 fully saturated rings. The Hall–Kier alpha value is -1.55. The van der Waals surface area contributed by atoms with Gasteiger partial charge >= 0.3 is 5.97 Å². The summed E-state index contributed by atoms with van der Waals surface area (Å²) in [5, 5.41) is -0.213. The van der Waals surface area contributed by atoms with Gasteiger partial charge in [-0.2, -0.15) is 0 Å². The number of hydrogen-bond donors (Lipinski definition) is 0. The van der Waals surface area contributed by atoms with Gasteiger partial charge < -0.3 is 14.4 Å². The molecule has 172 valence electrons. The standard InChI is InChI=1S/C20H26Cl2N2O6S/c1-20(2,3)30-19(26)12-7-6-8-24(12)18(25)13-9-11-10-14(31(27,28)23(4)5)15(21)16(22)17(11)29-13/h10,12-13H,6-9H2,1-5H3/t12-,13?/m0/s1. The number of carbonyl (C=O) groups is 2. The number of ether oxygens (including phenoxy) is 2. The van der Waals surface area contributed by atoms with Crippen molar-refractivity contribution in [1.29, 1.82) is 0 Å². The second kappa shape index (κ2) is 8.42. The summed E-state index contributed by atoms with van der Waals surface area (Å²) in [4.78, 5) is 27.1. The lowest BCUT2D eigenvalue weighted by molar-refractivity contribution is -0.164. The molecule has 3 rings (SSSR count). The van der Waals surface area contributed by atoms with Crippen LogP contribution in [0.15, 0.2) is 11.0 Å². The molecule has 0 aromatic heterocycles. The number of benzene rings is 1. The fourth-order valence-electron chi connectivity index (χ4n) is 3.65. The van der Waals surface area contributed by atoms with Gasteiger partial charge in [-0.05, 0) is 39.7 Å². The minimum absolute atomic E-state index is 0.0556. The van der Waals surface area contributed by atoms with Crippen LogP contribution >= 0.6 is 23.2 Å². The normalized spacial score (nSPS) is 21.2. The third-order valence-electron chi connectivity index (χ3n) is 5.12. The molecule has 1 unspecified atom stereocenters. The molecule has 1 amide bonds. The van der Waals surface area contributed by atoms with E-state index in [1.807, 2.05) is 0 Å². The molecule has 0 aliphatic carbocycles. The predicted molar refractivity (Wildman–Crippen MR) is 116 cm³/mol. The highest BCUT2D eigenvalue weighted by molar-refractivity contribution is 7.89. The molecular weight excluding hydrogens is 467 g/mol. The summed E-state index contributed by atoms with van der Waals surface area (Å²) in [6, 6.07) is 0.712. The summed E-state index contributed by atoms with van der Waals surface area (Å²) in [7, 11) is -1.06. The molecule has 31 heavy (non-hydrogen) atoms. The van der Waals surface area contributed by atoms with E-state index in [1.165, 1.54) is 25.1 Å². The Morgan fingerprint density at radius 2 is 1.87 bits per heavy atom. The van der Waals surface area contributed by atoms with E-state index in [0.717, 1.165) is 4.31 Å². The number of likely N-dealkylation sites (tertiary alicyclic amines) is 1. The molecule has 1 aromatic carbocycles. The van der Waals surface area contributed by atoms with Crippen LogP contribution in [0.2, 0.25) is 10.0 Å². The Morgan fingerprint density at radius 1 is 1.23 bits per heavy atom. The summed E-state index contributed by atoms with van der Waals surface area (Å²) in [5.41, 5.74) is -0.186. The van der Waals surface area contributed by atoms with Gasteiger partial charge in [0.1, 0.15) is 27.3 Å². The first-order chi connectivity index (χ1) is 14.2. The molecule has 8 nitrogen and oxygen atoms in total. The quantitative estimate of drug-likeness (QED) is 0.599. The van der Waals surface area contributed by atoms with Crippen LogP contribution in [-0.2, 0) is 30.8 Å². The van der Waals surface area contributed by atoms with E-state index in [2.05, 4.69) is 0 Å². The Balaban J connectivity index is 1.85. The number of nitrogens with zero attached hydrogens (tertiary/aromatic N) is 2. The van der Waals surface area contributed by atoms with Crippen LogP contribution in [0.4, 0.5) is 0 Å². The lowest BCUT2D eigenvalue weighted by Crippen LogP contribution is -2.48. The average Bonchev–Trinajstić information content (AvgIpc) is 3.29. The van der Waals surface area contributed by atoms with Crippen molar-refractivity contribution in [3.63, 3.8) is 0 Å². The second-order valence-electron chi connectivity index (χ2n) is 8.81. The lowest BCUT2D eigenvalue weighted by Gasteiger charge is -2.28. The topological polar surface area (TPSA) is 93.2 Å². The van der Waals surface area contributed by atoms with Crippen molar-refractivity contribution >= 4 is 45.1 Å². The van der Waals surface area contributed by atoms with Crippen molar-refractivity contribution in [3.05, 3.63) is 21.7 Å². The Labute approximate surface area is 192 Å². The molecular formula is C20H26Cl2N2O6S. The van der Waals surface area contributed by atoms with Crippen molar-refractivity contribution < 1.29 is 27.5 Å². The van der Waals surface area contributed by atoms with Gasteiger partial charge in [-0.1, -0.05) is 23.2 Å². The van der Waals surface area contributed by atoms with Crippen molar-refractivity contribution in [2.75, 3.05) is 20.6 Å². The van der Waals surface area contributed by atoms with E-state index < -0.39 is 33.7 Å². The van der Waals surface area contributed by atoms with E-state index in [4.69, 9.17) is 32.7 Å². The fraction of sp³-hybridized carbons (Fsp3) is 0.600. The Bertz CT molecular complexity index is 1020. The number of hydrogen-bond acceptors (Lipinski definition) is 6. The maximum absolute atomic E-state index is 13.2. The summed E-state index contributed by atoms with van der Waals surface area (Å²) in [6.07, 6.45) is 0.382. The molecule has 2 aliphatic rings. The first-order valence-corrected chi connectivity index (χ1v) is 12.1. The third-order valence-corrected chi connectivity index (χ3v) is 7.92. The zero-order valence-corrected chi connectivity index (χ0v) is 20.4. The van der Waals surface area contributed by atoms with Crippen molar-refractivity contribution in [3.8, 4) is 5.75 Å². The number of fused-ring (bicyclic) bond motifs is 1. The van der Waals surface area contributed by atoms with Crippen LogP contribution in [0.5, 0.6) is 5.75 Å². The molecule has 0 bridgehead atoms. The number of halogens is 2. The number of rotatable bonds is 4. The maximum Gasteiger partial charge on any atom is 0.329 e. The van der Waals surface area contributed by atoms with Gasteiger partial charge in [-0.15, -0.1) is 0 Å². The summed E-state index contributed by atoms with van der Waals surface area (Å²) in [6.45, 7) is 5.73. The van der Waals surface area contributed by atoms with E-state index in [9.17, 15) is 18.0 Å². The highest BCUT2D eigenvalue weighted by Crippen LogP contribution is 2.44. The largest absolute Gasteiger partial charge is 0.478 e. The smallest absolute Gasteiger partial charge is 0.329 e. The predicted octanol–water partition coefficient (Wildman–Crippen LogP) is 2.88. The van der Waals surface area contributed by atoms with Gasteiger partial charge in [0.25, 0.3) is 5.91 Å². The second-order valence-corrected chi connectivity index (χ2v) is 11.7. The van der Waals surface area contributed by atoms with Crippen LogP contribution in [0.1, 0.15) is 39.2 Å². The number of carbonyl (C=O) groups excluding carboxylic acids is 2. The molecule has 2 aliphatic heterocycles. The molecule has 1 aromatic rings. The van der Waals surface area contributed by atoms with Crippen LogP contribution in [0.25, 0.3) is 0 Å². The van der Waals surface area contributed by atoms with Crippen molar-refractivity contribution in [2.24, 2.45) is 0 Å². The van der Waals surface area contributed by atoms with Gasteiger partial charge in [-0.25, -0.2) is 17.5 Å². The van der Waals surface area contributed by atoms with Crippen LogP contribution < -0.4 is 4.74 Å². The number of amides is 1. The molecule has 0 radical (unpaired) electrons. The van der Waals surface area contributed by atoms with E-state index in [1.54, 1.807) is 20.8 Å². The fourth-order valence-corrected chi connectivity index (χ4v) is 5.42. The van der Waals surface area contributed by atoms with Gasteiger partial charge in [-0.3, -0.25) is 4.79 Å². The Kier molecular flexibility index (Phi) is 6.55. The van der Waals surface area contributed by atoms with Crippen molar-refractivity contribution in [1.82, 2.24) is 9.21 Å². The Morgan fingerprint density at radius 3 is 2.45 bits per heavy atom. The minimum atomic E-state index is -3.84. The molecule has 0 N–H and O–H groups in total. The summed E-state index contributed by atoms with van der Waals surface area (Å²) in [5.74, 6) is -0.626. The highest BCUT2D eigenvalue weighted by Gasteiger charge is 2.43. The lowest BCUT2D eigenvalue weighted by atomic mass is 10.1. The highest BCUT2D eigenvalue weighted by atomic mass is 35.5. The molecule has 1 saturated heterocycles. The number of esters is 1. The SMILES string of the molecule is CN(C)S(=O)(=O)c1cc2c(c(Cl)c1Cl)OC(C(=O)N1CCC[C@H]1C(=O)OC(C)(C)C)C2. The van der Waals surface area contributed by atoms with Crippen LogP contribution in [0, 0.1) is 0 Å². The first kappa shape index (κ1) is 24.1. The van der Waals surface area contributed by atoms with Crippen LogP contribution in [0.3, 0.4) is 0 Å². The average molecular weight is 493 g/mol. The van der Waals surface area contributed by atoms with Gasteiger partial charge in [0.05, 0.1) is 5.02 Å². The van der Waals surface area contributed by atoms with E-state index in [-0.39, 0.29) is 33.0 Å². The number of sulfonamides is 1. The zero-order valence-electron chi connectivity index (χ0n) is 18.1. The molecule has 0 saturated carbocycles. The van der Waals surface area contributed by atoms with Gasteiger partial charge in [0.2, 0.25) is 10.0 Å². The van der Waals surface area contributed by atoms with Gasteiger partial charge in [0, 0.05) is 32.6 Å². The molecule has 2 heterocycles. The third kappa shape index (κ3) is 4.65. The molecule has 2 atom stereocenters. The maximum atomic E-state index is 13.2. The molecule has 0 spiro atoms.